The molecule has 0 saturated carbocycles. The summed E-state index contributed by atoms with van der Waals surface area (Å²) in [6.07, 6.45) is -7.55. The summed E-state index contributed by atoms with van der Waals surface area (Å²) >= 11 is 0. The Balaban J connectivity index is 1.97. The van der Waals surface area contributed by atoms with E-state index in [2.05, 4.69) is 0 Å². The Hall–Kier alpha value is -2.69. The van der Waals surface area contributed by atoms with Crippen LogP contribution in [0.4, 0.5) is 4.39 Å². The fourth-order valence-electron chi connectivity index (χ4n) is 4.25. The highest BCUT2D eigenvalue weighted by atomic mass is 19.1. The molecule has 1 fully saturated rings. The first kappa shape index (κ1) is 22.5. The molecule has 1 unspecified atom stereocenters. The molecular formula is C23H25FO8. The molecule has 8 nitrogen and oxygen atoms in total. The first-order chi connectivity index (χ1) is 15.1. The van der Waals surface area contributed by atoms with E-state index in [1.807, 2.05) is 0 Å². The van der Waals surface area contributed by atoms with Gasteiger partial charge in [0.05, 0.1) is 12.0 Å². The van der Waals surface area contributed by atoms with Gasteiger partial charge in [0.1, 0.15) is 59.2 Å². The Morgan fingerprint density at radius 1 is 1.03 bits per heavy atom. The van der Waals surface area contributed by atoms with Crippen LogP contribution in [-0.2, 0) is 4.74 Å². The molecule has 2 heterocycles. The molecule has 1 aliphatic heterocycles. The topological polar surface area (TPSA) is 144 Å². The van der Waals surface area contributed by atoms with Gasteiger partial charge in [0.25, 0.3) is 0 Å². The summed E-state index contributed by atoms with van der Waals surface area (Å²) in [6.45, 7) is 2.83. The molecule has 5 atom stereocenters. The number of fused-ring (bicyclic) bond motifs is 1. The van der Waals surface area contributed by atoms with Crippen LogP contribution < -0.4 is 0 Å². The number of ether oxygens (including phenoxy) is 1. The number of aliphatic hydroxyl groups is 4. The highest BCUT2D eigenvalue weighted by Crippen LogP contribution is 2.49. The molecule has 1 aliphatic rings. The van der Waals surface area contributed by atoms with E-state index in [1.165, 1.54) is 24.3 Å². The lowest BCUT2D eigenvalue weighted by molar-refractivity contribution is -0.231. The number of hydrogen-bond donors (Lipinski definition) is 6. The largest absolute Gasteiger partial charge is 0.507 e. The zero-order valence-corrected chi connectivity index (χ0v) is 17.4. The predicted octanol–water partition coefficient (Wildman–Crippen LogP) is 2.29. The van der Waals surface area contributed by atoms with Crippen LogP contribution in [0.5, 0.6) is 11.5 Å². The molecule has 0 radical (unpaired) electrons. The van der Waals surface area contributed by atoms with Gasteiger partial charge in [-0.1, -0.05) is 19.9 Å². The third kappa shape index (κ3) is 3.52. The first-order valence-corrected chi connectivity index (χ1v) is 10.2. The number of aliphatic hydroxyl groups excluding tert-OH is 4. The van der Waals surface area contributed by atoms with E-state index in [4.69, 9.17) is 9.15 Å². The molecule has 0 aliphatic carbocycles. The Kier molecular flexibility index (Phi) is 5.87. The van der Waals surface area contributed by atoms with Crippen molar-refractivity contribution < 1.29 is 44.2 Å². The summed E-state index contributed by atoms with van der Waals surface area (Å²) in [5.74, 6) is -1.43. The van der Waals surface area contributed by atoms with E-state index in [1.54, 1.807) is 19.9 Å². The third-order valence-corrected chi connectivity index (χ3v) is 5.89. The summed E-state index contributed by atoms with van der Waals surface area (Å²) < 4.78 is 25.7. The van der Waals surface area contributed by atoms with E-state index in [0.29, 0.717) is 0 Å². The van der Waals surface area contributed by atoms with Crippen molar-refractivity contribution >= 4 is 11.0 Å². The number of benzene rings is 2. The van der Waals surface area contributed by atoms with Crippen molar-refractivity contribution in [3.8, 4) is 22.8 Å². The number of furan rings is 1. The van der Waals surface area contributed by atoms with Gasteiger partial charge in [0, 0.05) is 16.7 Å². The maximum Gasteiger partial charge on any atom is 0.137 e. The van der Waals surface area contributed by atoms with Crippen LogP contribution in [0, 0.1) is 5.82 Å². The molecular weight excluding hydrogens is 423 g/mol. The smallest absolute Gasteiger partial charge is 0.137 e. The second kappa shape index (κ2) is 8.34. The molecule has 6 N–H and O–H groups in total. The van der Waals surface area contributed by atoms with Gasteiger partial charge in [-0.05, 0) is 30.2 Å². The quantitative estimate of drug-likeness (QED) is 0.357. The normalized spacial score (nSPS) is 26.2. The minimum atomic E-state index is -1.68. The average molecular weight is 448 g/mol. The van der Waals surface area contributed by atoms with Crippen LogP contribution in [-0.4, -0.2) is 61.7 Å². The second-order valence-electron chi connectivity index (χ2n) is 8.29. The van der Waals surface area contributed by atoms with Crippen LogP contribution >= 0.6 is 0 Å². The van der Waals surface area contributed by atoms with Crippen LogP contribution in [0.25, 0.3) is 22.3 Å². The molecule has 1 saturated heterocycles. The highest BCUT2D eigenvalue weighted by molar-refractivity contribution is 5.85. The summed E-state index contributed by atoms with van der Waals surface area (Å²) in [5.41, 5.74) is 0.474. The lowest BCUT2D eigenvalue weighted by Crippen LogP contribution is -2.55. The minimum absolute atomic E-state index is 0.0251. The number of rotatable bonds is 4. The number of hydrogen-bond acceptors (Lipinski definition) is 8. The zero-order valence-electron chi connectivity index (χ0n) is 17.4. The van der Waals surface area contributed by atoms with Crippen molar-refractivity contribution in [3.63, 3.8) is 0 Å². The molecule has 1 aromatic heterocycles. The predicted molar refractivity (Wildman–Crippen MR) is 112 cm³/mol. The van der Waals surface area contributed by atoms with Crippen LogP contribution in [0.1, 0.15) is 37.0 Å². The van der Waals surface area contributed by atoms with Crippen LogP contribution in [0.3, 0.4) is 0 Å². The Morgan fingerprint density at radius 2 is 1.75 bits per heavy atom. The standard InChI is InChI=1S/C23H25FO8/c1-9(2)17-13(26)6-11(15-7-10-12(24)4-3-5-14(10)31-15)18(20(17)28)23-22(30)21(29)19(27)16(8-25)32-23/h3-7,9,16,19,21-23,25-30H,8H2,1-2H3/t16-,19-,21+,22-,23?/m1/s1. The SMILES string of the molecule is CC(C)c1c(O)cc(-c2cc3c(F)cccc3o2)c(C2O[C@H](CO)[C@@H](O)[C@H](O)[C@H]2O)c1O. The Bertz CT molecular complexity index is 1140. The van der Waals surface area contributed by atoms with Gasteiger partial charge in [-0.25, -0.2) is 4.39 Å². The van der Waals surface area contributed by atoms with Gasteiger partial charge in [-0.3, -0.25) is 0 Å². The average Bonchev–Trinajstić information content (AvgIpc) is 3.18. The summed E-state index contributed by atoms with van der Waals surface area (Å²) in [6, 6.07) is 6.98. The van der Waals surface area contributed by atoms with E-state index < -0.39 is 48.7 Å². The Morgan fingerprint density at radius 3 is 2.38 bits per heavy atom. The van der Waals surface area contributed by atoms with E-state index in [9.17, 15) is 35.0 Å². The lowest BCUT2D eigenvalue weighted by atomic mass is 9.85. The lowest BCUT2D eigenvalue weighted by Gasteiger charge is -2.41. The molecule has 172 valence electrons. The van der Waals surface area contributed by atoms with Gasteiger partial charge in [-0.15, -0.1) is 0 Å². The maximum absolute atomic E-state index is 14.2. The molecule has 32 heavy (non-hydrogen) atoms. The number of halogens is 1. The highest BCUT2D eigenvalue weighted by Gasteiger charge is 2.46. The number of phenolic OH excluding ortho intramolecular Hbond substituents is 2. The van der Waals surface area contributed by atoms with Gasteiger partial charge >= 0.3 is 0 Å². The van der Waals surface area contributed by atoms with Crippen LogP contribution in [0.15, 0.2) is 34.7 Å². The summed E-state index contributed by atoms with van der Waals surface area (Å²) in [7, 11) is 0. The van der Waals surface area contributed by atoms with Gasteiger partial charge in [0.15, 0.2) is 0 Å². The number of aromatic hydroxyl groups is 2. The Labute approximate surface area is 182 Å². The van der Waals surface area contributed by atoms with Crippen molar-refractivity contribution in [3.05, 3.63) is 47.3 Å². The van der Waals surface area contributed by atoms with Crippen molar-refractivity contribution in [2.45, 2.75) is 50.3 Å². The molecule has 0 spiro atoms. The second-order valence-corrected chi connectivity index (χ2v) is 8.29. The van der Waals surface area contributed by atoms with Crippen molar-refractivity contribution in [2.24, 2.45) is 0 Å². The van der Waals surface area contributed by atoms with Crippen molar-refractivity contribution in [1.29, 1.82) is 0 Å². The molecule has 3 aromatic rings. The summed E-state index contributed by atoms with van der Waals surface area (Å²) in [4.78, 5) is 0. The van der Waals surface area contributed by atoms with Crippen LogP contribution in [0.2, 0.25) is 0 Å². The van der Waals surface area contributed by atoms with Gasteiger partial charge in [-0.2, -0.15) is 0 Å². The van der Waals surface area contributed by atoms with E-state index in [0.717, 1.165) is 0 Å². The van der Waals surface area contributed by atoms with Gasteiger partial charge in [0.2, 0.25) is 0 Å². The monoisotopic (exact) mass is 448 g/mol. The first-order valence-electron chi connectivity index (χ1n) is 10.2. The fraction of sp³-hybridized carbons (Fsp3) is 0.391. The van der Waals surface area contributed by atoms with Crippen molar-refractivity contribution in [2.75, 3.05) is 6.61 Å². The maximum atomic E-state index is 14.2. The summed E-state index contributed by atoms with van der Waals surface area (Å²) in [5, 5.41) is 62.5. The molecule has 0 bridgehead atoms. The van der Waals surface area contributed by atoms with E-state index >= 15 is 0 Å². The number of phenols is 2. The van der Waals surface area contributed by atoms with Crippen molar-refractivity contribution in [1.82, 2.24) is 0 Å². The van der Waals surface area contributed by atoms with E-state index in [-0.39, 0.29) is 45.1 Å². The third-order valence-electron chi connectivity index (χ3n) is 5.89. The molecule has 0 amide bonds. The zero-order chi connectivity index (χ0) is 23.3. The molecule has 2 aromatic carbocycles. The van der Waals surface area contributed by atoms with Gasteiger partial charge < -0.3 is 39.8 Å². The molecule has 9 heteroatoms. The minimum Gasteiger partial charge on any atom is -0.507 e. The molecule has 4 rings (SSSR count). The fourth-order valence-corrected chi connectivity index (χ4v) is 4.25.